The van der Waals surface area contributed by atoms with Gasteiger partial charge in [0.25, 0.3) is 5.56 Å². The Bertz CT molecular complexity index is 1140. The topological polar surface area (TPSA) is 55.1 Å². The molecule has 2 aromatic heterocycles. The number of H-pyrrole nitrogens is 1. The minimum absolute atomic E-state index is 0.269. The van der Waals surface area contributed by atoms with E-state index in [2.05, 4.69) is 10.2 Å². The van der Waals surface area contributed by atoms with E-state index in [1.54, 1.807) is 4.40 Å². The van der Waals surface area contributed by atoms with E-state index in [0.29, 0.717) is 22.6 Å². The molecular formula is C16H11FN4OS. The molecule has 0 amide bonds. The van der Waals surface area contributed by atoms with Crippen LogP contribution < -0.4 is 5.56 Å². The maximum absolute atomic E-state index is 13.6. The highest BCUT2D eigenvalue weighted by Gasteiger charge is 2.14. The van der Waals surface area contributed by atoms with Crippen molar-refractivity contribution in [1.29, 1.82) is 0 Å². The Morgan fingerprint density at radius 2 is 1.96 bits per heavy atom. The summed E-state index contributed by atoms with van der Waals surface area (Å²) in [6.45, 7) is 0.329. The minimum Gasteiger partial charge on any atom is -0.272 e. The molecule has 5 nitrogen and oxygen atoms in total. The molecule has 0 radical (unpaired) electrons. The van der Waals surface area contributed by atoms with Crippen molar-refractivity contribution in [3.63, 3.8) is 0 Å². The van der Waals surface area contributed by atoms with Gasteiger partial charge >= 0.3 is 0 Å². The molecule has 0 aliphatic carbocycles. The average molecular weight is 326 g/mol. The maximum atomic E-state index is 13.6. The fourth-order valence-electron chi connectivity index (χ4n) is 2.71. The van der Waals surface area contributed by atoms with Crippen molar-refractivity contribution in [2.24, 2.45) is 0 Å². The van der Waals surface area contributed by atoms with Crippen LogP contribution >= 0.6 is 12.2 Å². The molecule has 0 fully saturated rings. The van der Waals surface area contributed by atoms with E-state index < -0.39 is 5.82 Å². The summed E-state index contributed by atoms with van der Waals surface area (Å²) in [5, 5.41) is 7.13. The molecule has 2 aromatic carbocycles. The van der Waals surface area contributed by atoms with Crippen LogP contribution in [0.1, 0.15) is 5.56 Å². The van der Waals surface area contributed by atoms with E-state index in [-0.39, 0.29) is 10.9 Å². The van der Waals surface area contributed by atoms with Gasteiger partial charge in [-0.25, -0.2) is 9.49 Å². The van der Waals surface area contributed by atoms with Gasteiger partial charge < -0.3 is 0 Å². The summed E-state index contributed by atoms with van der Waals surface area (Å²) in [5.41, 5.74) is 1.18. The first kappa shape index (κ1) is 13.8. The second-order valence-electron chi connectivity index (χ2n) is 5.20. The van der Waals surface area contributed by atoms with Crippen molar-refractivity contribution in [3.05, 3.63) is 75.0 Å². The first-order valence-corrected chi connectivity index (χ1v) is 7.39. The summed E-state index contributed by atoms with van der Waals surface area (Å²) in [6, 6.07) is 13.6. The molecule has 0 saturated heterocycles. The van der Waals surface area contributed by atoms with E-state index in [4.69, 9.17) is 12.2 Å². The third kappa shape index (κ3) is 2.17. The number of fused-ring (bicyclic) bond motifs is 3. The molecule has 0 spiro atoms. The van der Waals surface area contributed by atoms with Crippen LogP contribution in [0.5, 0.6) is 0 Å². The lowest BCUT2D eigenvalue weighted by molar-refractivity contribution is 0.629. The SMILES string of the molecule is O=c1c2cc(F)ccc2n2c(=S)[nH]nc2n1Cc1ccccc1. The number of aromatic amines is 1. The molecule has 23 heavy (non-hydrogen) atoms. The van der Waals surface area contributed by atoms with Crippen LogP contribution in [0.15, 0.2) is 53.3 Å². The van der Waals surface area contributed by atoms with Crippen LogP contribution in [0.4, 0.5) is 4.39 Å². The average Bonchev–Trinajstić information content (AvgIpc) is 2.94. The normalized spacial score (nSPS) is 11.3. The fraction of sp³-hybridized carbons (Fsp3) is 0.0625. The van der Waals surface area contributed by atoms with E-state index in [9.17, 15) is 9.18 Å². The number of nitrogens with zero attached hydrogens (tertiary/aromatic N) is 3. The second kappa shape index (κ2) is 5.13. The summed E-state index contributed by atoms with van der Waals surface area (Å²) in [7, 11) is 0. The maximum Gasteiger partial charge on any atom is 0.263 e. The van der Waals surface area contributed by atoms with E-state index in [0.717, 1.165) is 5.56 Å². The third-order valence-corrected chi connectivity index (χ3v) is 4.03. The number of hydrogen-bond acceptors (Lipinski definition) is 3. The van der Waals surface area contributed by atoms with E-state index in [1.165, 1.54) is 22.8 Å². The van der Waals surface area contributed by atoms with Crippen molar-refractivity contribution in [2.45, 2.75) is 6.54 Å². The second-order valence-corrected chi connectivity index (χ2v) is 5.59. The molecule has 0 aliphatic heterocycles. The molecule has 4 rings (SSSR count). The number of halogens is 1. The first-order valence-electron chi connectivity index (χ1n) is 6.98. The van der Waals surface area contributed by atoms with Crippen LogP contribution in [0.3, 0.4) is 0 Å². The predicted molar refractivity (Wildman–Crippen MR) is 87.6 cm³/mol. The molecule has 4 aromatic rings. The smallest absolute Gasteiger partial charge is 0.263 e. The molecule has 0 saturated carbocycles. The van der Waals surface area contributed by atoms with Crippen molar-refractivity contribution in [3.8, 4) is 0 Å². The monoisotopic (exact) mass is 326 g/mol. The van der Waals surface area contributed by atoms with E-state index in [1.807, 2.05) is 30.3 Å². The highest BCUT2D eigenvalue weighted by molar-refractivity contribution is 7.71. The van der Waals surface area contributed by atoms with E-state index >= 15 is 0 Å². The van der Waals surface area contributed by atoms with Gasteiger partial charge in [-0.3, -0.25) is 13.8 Å². The highest BCUT2D eigenvalue weighted by atomic mass is 32.1. The van der Waals surface area contributed by atoms with Crippen molar-refractivity contribution < 1.29 is 4.39 Å². The van der Waals surface area contributed by atoms with Gasteiger partial charge in [0.05, 0.1) is 17.4 Å². The van der Waals surface area contributed by atoms with Crippen LogP contribution in [0.25, 0.3) is 16.7 Å². The molecule has 0 unspecified atom stereocenters. The van der Waals surface area contributed by atoms with Crippen LogP contribution in [-0.4, -0.2) is 19.2 Å². The Balaban J connectivity index is 2.11. The lowest BCUT2D eigenvalue weighted by atomic mass is 10.2. The molecule has 0 atom stereocenters. The van der Waals surface area contributed by atoms with Gasteiger partial charge in [-0.2, -0.15) is 0 Å². The predicted octanol–water partition coefficient (Wildman–Crippen LogP) is 2.89. The van der Waals surface area contributed by atoms with Crippen LogP contribution in [0, 0.1) is 10.6 Å². The first-order chi connectivity index (χ1) is 11.1. The molecule has 2 heterocycles. The zero-order valence-electron chi connectivity index (χ0n) is 11.9. The quantitative estimate of drug-likeness (QED) is 0.576. The third-order valence-electron chi connectivity index (χ3n) is 3.75. The van der Waals surface area contributed by atoms with Gasteiger partial charge in [-0.1, -0.05) is 30.3 Å². The lowest BCUT2D eigenvalue weighted by Gasteiger charge is -2.10. The van der Waals surface area contributed by atoms with Crippen molar-refractivity contribution >= 4 is 28.9 Å². The van der Waals surface area contributed by atoms with Gasteiger partial charge in [0, 0.05) is 0 Å². The summed E-state index contributed by atoms with van der Waals surface area (Å²) < 4.78 is 17.1. The van der Waals surface area contributed by atoms with Gasteiger partial charge in [-0.05, 0) is 36.0 Å². The zero-order valence-corrected chi connectivity index (χ0v) is 12.7. The molecule has 0 bridgehead atoms. The summed E-state index contributed by atoms with van der Waals surface area (Å²) in [4.78, 5) is 12.8. The summed E-state index contributed by atoms with van der Waals surface area (Å²) >= 11 is 5.25. The Morgan fingerprint density at radius 1 is 1.17 bits per heavy atom. The zero-order chi connectivity index (χ0) is 16.0. The number of aromatic nitrogens is 4. The Morgan fingerprint density at radius 3 is 2.74 bits per heavy atom. The number of rotatable bonds is 2. The van der Waals surface area contributed by atoms with Crippen molar-refractivity contribution in [2.75, 3.05) is 0 Å². The molecule has 7 heteroatoms. The number of benzene rings is 2. The van der Waals surface area contributed by atoms with Crippen LogP contribution in [0.2, 0.25) is 0 Å². The fourth-order valence-corrected chi connectivity index (χ4v) is 2.93. The molecule has 0 aliphatic rings. The Labute approximate surface area is 134 Å². The van der Waals surface area contributed by atoms with Crippen molar-refractivity contribution in [1.82, 2.24) is 19.2 Å². The minimum atomic E-state index is -0.463. The van der Waals surface area contributed by atoms with Crippen LogP contribution in [-0.2, 0) is 6.54 Å². The highest BCUT2D eigenvalue weighted by Crippen LogP contribution is 2.15. The number of hydrogen-bond donors (Lipinski definition) is 1. The molecule has 1 N–H and O–H groups in total. The van der Waals surface area contributed by atoms with Gasteiger partial charge in [-0.15, -0.1) is 5.10 Å². The Hall–Kier alpha value is -2.80. The molecular weight excluding hydrogens is 315 g/mol. The molecule has 114 valence electrons. The largest absolute Gasteiger partial charge is 0.272 e. The number of nitrogens with one attached hydrogen (secondary N) is 1. The van der Waals surface area contributed by atoms with Gasteiger partial charge in [0.1, 0.15) is 5.82 Å². The van der Waals surface area contributed by atoms with Gasteiger partial charge in [0.15, 0.2) is 0 Å². The summed E-state index contributed by atoms with van der Waals surface area (Å²) in [5.74, 6) is -0.0572. The standard InChI is InChI=1S/C16H11FN4OS/c17-11-6-7-13-12(8-11)14(22)20(9-10-4-2-1-3-5-10)15-18-19-16(23)21(13)15/h1-8H,9H2,(H,19,23). The Kier molecular flexibility index (Phi) is 3.09. The summed E-state index contributed by atoms with van der Waals surface area (Å²) in [6.07, 6.45) is 0. The van der Waals surface area contributed by atoms with Gasteiger partial charge in [0.2, 0.25) is 10.5 Å². The lowest BCUT2D eigenvalue weighted by Crippen LogP contribution is -2.24.